The Bertz CT molecular complexity index is 274. The molecule has 0 saturated carbocycles. The van der Waals surface area contributed by atoms with Crippen LogP contribution in [0.4, 0.5) is 0 Å². The van der Waals surface area contributed by atoms with Crippen molar-refractivity contribution >= 4 is 28.3 Å². The minimum absolute atomic E-state index is 0.427. The smallest absolute Gasteiger partial charge is 0.169 e. The van der Waals surface area contributed by atoms with Crippen LogP contribution in [0.5, 0.6) is 0 Å². The van der Waals surface area contributed by atoms with Crippen LogP contribution in [0.3, 0.4) is 0 Å². The molecule has 0 aliphatic rings. The summed E-state index contributed by atoms with van der Waals surface area (Å²) in [6.07, 6.45) is 0.976. The van der Waals surface area contributed by atoms with Crippen LogP contribution in [0.15, 0.2) is 30.3 Å². The van der Waals surface area contributed by atoms with Gasteiger partial charge in [0.15, 0.2) is 4.45 Å². The summed E-state index contributed by atoms with van der Waals surface area (Å²) in [6.45, 7) is 0.867. The Morgan fingerprint density at radius 3 is 2.54 bits per heavy atom. The number of nitrogens with zero attached hydrogens (tertiary/aromatic N) is 1. The van der Waals surface area contributed by atoms with Gasteiger partial charge in [0.05, 0.1) is 0 Å². The van der Waals surface area contributed by atoms with Crippen LogP contribution in [-0.4, -0.2) is 22.9 Å². The highest BCUT2D eigenvalue weighted by molar-refractivity contribution is 7.83. The van der Waals surface area contributed by atoms with E-state index in [1.165, 1.54) is 5.56 Å². The van der Waals surface area contributed by atoms with Crippen molar-refractivity contribution in [3.8, 4) is 0 Å². The van der Waals surface area contributed by atoms with Gasteiger partial charge < -0.3 is 4.90 Å². The molecule has 0 atom stereocenters. The van der Waals surface area contributed by atoms with Gasteiger partial charge in [-0.2, -0.15) is 0 Å². The van der Waals surface area contributed by atoms with Crippen molar-refractivity contribution in [3.05, 3.63) is 35.9 Å². The Kier molecular flexibility index (Phi) is 4.19. The summed E-state index contributed by atoms with van der Waals surface area (Å²) in [5.74, 6) is 0. The maximum Gasteiger partial charge on any atom is 0.169 e. The maximum atomic E-state index is 5.65. The second-order valence-electron chi connectivity index (χ2n) is 2.91. The minimum Gasteiger partial charge on any atom is -0.356 e. The number of hydrogen-bond donors (Lipinski definition) is 0. The molecule has 0 aliphatic carbocycles. The summed E-state index contributed by atoms with van der Waals surface area (Å²) in [5.41, 5.74) is 1.31. The van der Waals surface area contributed by atoms with E-state index in [0.717, 1.165) is 13.0 Å². The zero-order chi connectivity index (χ0) is 9.68. The highest BCUT2D eigenvalue weighted by atomic mass is 35.5. The van der Waals surface area contributed by atoms with E-state index >= 15 is 0 Å². The largest absolute Gasteiger partial charge is 0.356 e. The Hall–Kier alpha value is -0.600. The molecule has 13 heavy (non-hydrogen) atoms. The number of benzene rings is 1. The van der Waals surface area contributed by atoms with Crippen LogP contribution in [0.2, 0.25) is 0 Å². The average Bonchev–Trinajstić information content (AvgIpc) is 2.15. The first kappa shape index (κ1) is 10.5. The molecule has 1 nitrogen and oxygen atoms in total. The molecule has 0 radical (unpaired) electrons. The standard InChI is InChI=1S/C10H12ClNS/c1-12(10(11)13)8-7-9-5-3-2-4-6-9/h2-6H,7-8H2,1H3. The molecule has 0 amide bonds. The molecule has 0 bridgehead atoms. The molecule has 0 fully saturated rings. The fraction of sp³-hybridized carbons (Fsp3) is 0.300. The number of halogens is 1. The van der Waals surface area contributed by atoms with E-state index in [0.29, 0.717) is 4.45 Å². The van der Waals surface area contributed by atoms with Crippen molar-refractivity contribution in [2.75, 3.05) is 13.6 Å². The molecule has 1 aromatic carbocycles. The molecule has 1 aromatic rings. The van der Waals surface area contributed by atoms with E-state index < -0.39 is 0 Å². The highest BCUT2D eigenvalue weighted by Crippen LogP contribution is 2.01. The van der Waals surface area contributed by atoms with Gasteiger partial charge in [-0.1, -0.05) is 41.9 Å². The van der Waals surface area contributed by atoms with Crippen LogP contribution >= 0.6 is 23.8 Å². The third-order valence-corrected chi connectivity index (χ3v) is 2.48. The number of thiocarbonyl (C=S) groups is 1. The normalized spacial score (nSPS) is 9.69. The maximum absolute atomic E-state index is 5.65. The van der Waals surface area contributed by atoms with E-state index in [9.17, 15) is 0 Å². The number of rotatable bonds is 3. The van der Waals surface area contributed by atoms with E-state index in [1.54, 1.807) is 0 Å². The van der Waals surface area contributed by atoms with Crippen LogP contribution in [0.1, 0.15) is 5.56 Å². The van der Waals surface area contributed by atoms with Crippen molar-refractivity contribution in [1.29, 1.82) is 0 Å². The van der Waals surface area contributed by atoms with Crippen LogP contribution in [0.25, 0.3) is 0 Å². The monoisotopic (exact) mass is 213 g/mol. The first-order chi connectivity index (χ1) is 6.20. The molecule has 3 heteroatoms. The van der Waals surface area contributed by atoms with Crippen LogP contribution in [-0.2, 0) is 6.42 Å². The molecule has 0 heterocycles. The quantitative estimate of drug-likeness (QED) is 0.432. The van der Waals surface area contributed by atoms with Gasteiger partial charge >= 0.3 is 0 Å². The third-order valence-electron chi connectivity index (χ3n) is 1.88. The van der Waals surface area contributed by atoms with Gasteiger partial charge in [-0.25, -0.2) is 0 Å². The lowest BCUT2D eigenvalue weighted by molar-refractivity contribution is 0.525. The lowest BCUT2D eigenvalue weighted by Crippen LogP contribution is -2.23. The third kappa shape index (κ3) is 3.75. The molecule has 0 saturated heterocycles. The molecular weight excluding hydrogens is 202 g/mol. The van der Waals surface area contributed by atoms with Gasteiger partial charge in [-0.3, -0.25) is 0 Å². The van der Waals surface area contributed by atoms with Crippen molar-refractivity contribution in [1.82, 2.24) is 4.90 Å². The Morgan fingerprint density at radius 2 is 2.00 bits per heavy atom. The Balaban J connectivity index is 2.39. The zero-order valence-corrected chi connectivity index (χ0v) is 9.11. The Labute approximate surface area is 89.3 Å². The molecule has 70 valence electrons. The first-order valence-electron chi connectivity index (χ1n) is 4.14. The molecular formula is C10H12ClNS. The lowest BCUT2D eigenvalue weighted by atomic mass is 10.1. The highest BCUT2D eigenvalue weighted by Gasteiger charge is 1.99. The van der Waals surface area contributed by atoms with Gasteiger partial charge in [0.2, 0.25) is 0 Å². The zero-order valence-electron chi connectivity index (χ0n) is 7.53. The summed E-state index contributed by atoms with van der Waals surface area (Å²) in [5, 5.41) is 0. The van der Waals surface area contributed by atoms with Gasteiger partial charge in [0, 0.05) is 13.6 Å². The summed E-state index contributed by atoms with van der Waals surface area (Å²) in [6, 6.07) is 10.3. The lowest BCUT2D eigenvalue weighted by Gasteiger charge is -2.14. The van der Waals surface area contributed by atoms with Gasteiger partial charge in [0.25, 0.3) is 0 Å². The SMILES string of the molecule is CN(CCc1ccccc1)C(=S)Cl. The number of hydrogen-bond acceptors (Lipinski definition) is 1. The predicted octanol–water partition coefficient (Wildman–Crippen LogP) is 2.68. The fourth-order valence-corrected chi connectivity index (χ4v) is 1.21. The van der Waals surface area contributed by atoms with Crippen molar-refractivity contribution < 1.29 is 0 Å². The number of likely N-dealkylation sites (N-methyl/N-ethyl adjacent to an activating group) is 1. The molecule has 0 N–H and O–H groups in total. The molecule has 0 aliphatic heterocycles. The average molecular weight is 214 g/mol. The van der Waals surface area contributed by atoms with Crippen molar-refractivity contribution in [2.24, 2.45) is 0 Å². The van der Waals surface area contributed by atoms with Gasteiger partial charge in [-0.05, 0) is 24.2 Å². The van der Waals surface area contributed by atoms with Crippen LogP contribution in [0, 0.1) is 0 Å². The van der Waals surface area contributed by atoms with E-state index in [1.807, 2.05) is 30.1 Å². The minimum atomic E-state index is 0.427. The summed E-state index contributed by atoms with van der Waals surface area (Å²) < 4.78 is 0.427. The van der Waals surface area contributed by atoms with Crippen molar-refractivity contribution in [2.45, 2.75) is 6.42 Å². The fourth-order valence-electron chi connectivity index (χ4n) is 1.03. The molecule has 0 unspecified atom stereocenters. The van der Waals surface area contributed by atoms with Gasteiger partial charge in [0.1, 0.15) is 0 Å². The van der Waals surface area contributed by atoms with E-state index in [4.69, 9.17) is 23.8 Å². The Morgan fingerprint density at radius 1 is 1.38 bits per heavy atom. The van der Waals surface area contributed by atoms with E-state index in [2.05, 4.69) is 12.1 Å². The second-order valence-corrected chi connectivity index (χ2v) is 3.88. The van der Waals surface area contributed by atoms with Crippen LogP contribution < -0.4 is 0 Å². The van der Waals surface area contributed by atoms with Gasteiger partial charge in [-0.15, -0.1) is 0 Å². The topological polar surface area (TPSA) is 3.24 Å². The summed E-state index contributed by atoms with van der Waals surface area (Å²) in [7, 11) is 1.90. The molecule has 0 spiro atoms. The first-order valence-corrected chi connectivity index (χ1v) is 4.93. The molecule has 1 rings (SSSR count). The predicted molar refractivity (Wildman–Crippen MR) is 61.2 cm³/mol. The summed E-state index contributed by atoms with van der Waals surface area (Å²) in [4.78, 5) is 1.86. The van der Waals surface area contributed by atoms with Crippen molar-refractivity contribution in [3.63, 3.8) is 0 Å². The second kappa shape index (κ2) is 5.20. The van der Waals surface area contributed by atoms with E-state index in [-0.39, 0.29) is 0 Å². The molecule has 0 aromatic heterocycles. The summed E-state index contributed by atoms with van der Waals surface area (Å²) >= 11 is 10.5.